The first-order valence-electron chi connectivity index (χ1n) is 15.2. The summed E-state index contributed by atoms with van der Waals surface area (Å²) in [6.07, 6.45) is 5.53. The van der Waals surface area contributed by atoms with Crippen LogP contribution in [0.2, 0.25) is 0 Å². The van der Waals surface area contributed by atoms with Gasteiger partial charge in [0.15, 0.2) is 17.5 Å². The van der Waals surface area contributed by atoms with Gasteiger partial charge in [0.25, 0.3) is 0 Å². The third-order valence-corrected chi connectivity index (χ3v) is 8.11. The molecule has 216 valence electrons. The van der Waals surface area contributed by atoms with Crippen molar-refractivity contribution in [3.05, 3.63) is 164 Å². The smallest absolute Gasteiger partial charge is 0.164 e. The van der Waals surface area contributed by atoms with E-state index in [1.54, 1.807) is 6.20 Å². The van der Waals surface area contributed by atoms with Gasteiger partial charge in [-0.3, -0.25) is 9.97 Å². The van der Waals surface area contributed by atoms with Crippen LogP contribution in [0.25, 0.3) is 78.4 Å². The Balaban J connectivity index is 1.23. The Labute approximate surface area is 267 Å². The third-order valence-electron chi connectivity index (χ3n) is 8.11. The molecule has 5 heteroatoms. The van der Waals surface area contributed by atoms with Gasteiger partial charge >= 0.3 is 0 Å². The van der Waals surface area contributed by atoms with Crippen LogP contribution in [0.4, 0.5) is 0 Å². The summed E-state index contributed by atoms with van der Waals surface area (Å²) in [4.78, 5) is 24.1. The second-order valence-corrected chi connectivity index (χ2v) is 11.0. The summed E-state index contributed by atoms with van der Waals surface area (Å²) in [7, 11) is 0. The van der Waals surface area contributed by atoms with Gasteiger partial charge in [0, 0.05) is 52.0 Å². The van der Waals surface area contributed by atoms with Crippen LogP contribution in [0, 0.1) is 0 Å². The molecule has 0 saturated carbocycles. The first kappa shape index (κ1) is 27.2. The van der Waals surface area contributed by atoms with Crippen LogP contribution in [-0.4, -0.2) is 24.9 Å². The minimum absolute atomic E-state index is 0.624. The van der Waals surface area contributed by atoms with Crippen molar-refractivity contribution in [2.24, 2.45) is 0 Å². The predicted molar refractivity (Wildman–Crippen MR) is 186 cm³/mol. The molecule has 0 saturated heterocycles. The van der Waals surface area contributed by atoms with Crippen molar-refractivity contribution >= 4 is 10.8 Å². The van der Waals surface area contributed by atoms with Gasteiger partial charge in [-0.1, -0.05) is 133 Å². The van der Waals surface area contributed by atoms with E-state index in [0.717, 1.165) is 55.4 Å². The molecule has 0 amide bonds. The molecule has 5 aromatic carbocycles. The zero-order valence-electron chi connectivity index (χ0n) is 24.8. The quantitative estimate of drug-likeness (QED) is 0.193. The lowest BCUT2D eigenvalue weighted by Gasteiger charge is -2.12. The lowest BCUT2D eigenvalue weighted by molar-refractivity contribution is 1.08. The third kappa shape index (κ3) is 5.31. The van der Waals surface area contributed by atoms with Crippen molar-refractivity contribution in [2.45, 2.75) is 0 Å². The molecule has 0 radical (unpaired) electrons. The van der Waals surface area contributed by atoms with Gasteiger partial charge in [0.2, 0.25) is 0 Å². The molecule has 0 aliphatic carbocycles. The summed E-state index contributed by atoms with van der Waals surface area (Å²) in [5.41, 5.74) is 9.13. The molecule has 0 fully saturated rings. The fourth-order valence-electron chi connectivity index (χ4n) is 5.77. The monoisotopic (exact) mass is 589 g/mol. The van der Waals surface area contributed by atoms with Crippen LogP contribution in [0.3, 0.4) is 0 Å². The second-order valence-electron chi connectivity index (χ2n) is 11.0. The molecular formula is C41H27N5. The van der Waals surface area contributed by atoms with Crippen LogP contribution >= 0.6 is 0 Å². The number of nitrogens with zero attached hydrogens (tertiary/aromatic N) is 5. The van der Waals surface area contributed by atoms with Crippen LogP contribution in [-0.2, 0) is 0 Å². The van der Waals surface area contributed by atoms with Crippen LogP contribution in [0.1, 0.15) is 0 Å². The fourth-order valence-corrected chi connectivity index (χ4v) is 5.77. The molecule has 5 nitrogen and oxygen atoms in total. The van der Waals surface area contributed by atoms with Crippen molar-refractivity contribution in [1.29, 1.82) is 0 Å². The number of aromatic nitrogens is 5. The molecule has 8 rings (SSSR count). The van der Waals surface area contributed by atoms with Gasteiger partial charge < -0.3 is 0 Å². The van der Waals surface area contributed by atoms with Gasteiger partial charge in [-0.2, -0.15) is 0 Å². The molecule has 0 atom stereocenters. The zero-order valence-corrected chi connectivity index (χ0v) is 24.8. The van der Waals surface area contributed by atoms with E-state index in [4.69, 9.17) is 19.9 Å². The highest BCUT2D eigenvalue weighted by Crippen LogP contribution is 2.35. The lowest BCUT2D eigenvalue weighted by atomic mass is 9.97. The molecule has 0 aliphatic rings. The summed E-state index contributed by atoms with van der Waals surface area (Å²) in [6.45, 7) is 0. The Kier molecular flexibility index (Phi) is 7.09. The van der Waals surface area contributed by atoms with E-state index >= 15 is 0 Å². The van der Waals surface area contributed by atoms with Crippen LogP contribution in [0.15, 0.2) is 164 Å². The maximum atomic E-state index is 5.06. The molecule has 0 spiro atoms. The van der Waals surface area contributed by atoms with Gasteiger partial charge in [0.1, 0.15) is 0 Å². The average molecular weight is 590 g/mol. The summed E-state index contributed by atoms with van der Waals surface area (Å²) < 4.78 is 0. The van der Waals surface area contributed by atoms with Crippen molar-refractivity contribution in [2.75, 3.05) is 0 Å². The standard InChI is InChI=1S/C41H27N5/c1-3-10-28(11-4-1)29-19-21-31(22-20-29)40-44-39(30-12-5-2-6-13-30)45-41(46-40)37-18-8-15-34-35(37)16-7-17-36(34)38-24-23-33(27-43-38)32-14-9-25-42-26-32/h1-27H. The van der Waals surface area contributed by atoms with E-state index in [-0.39, 0.29) is 0 Å². The molecule has 0 bridgehead atoms. The van der Waals surface area contributed by atoms with Crippen molar-refractivity contribution in [3.8, 4) is 67.7 Å². The van der Waals surface area contributed by atoms with E-state index in [0.29, 0.717) is 17.5 Å². The van der Waals surface area contributed by atoms with Gasteiger partial charge in [-0.25, -0.2) is 15.0 Å². The summed E-state index contributed by atoms with van der Waals surface area (Å²) in [5.74, 6) is 1.89. The number of rotatable bonds is 6. The van der Waals surface area contributed by atoms with E-state index < -0.39 is 0 Å². The highest BCUT2D eigenvalue weighted by molar-refractivity contribution is 6.03. The predicted octanol–water partition coefficient (Wildman–Crippen LogP) is 9.82. The van der Waals surface area contributed by atoms with E-state index in [9.17, 15) is 0 Å². The molecule has 3 heterocycles. The van der Waals surface area contributed by atoms with Gasteiger partial charge in [0.05, 0.1) is 5.69 Å². The Morgan fingerprint density at radius 2 is 0.848 bits per heavy atom. The number of pyridine rings is 2. The lowest BCUT2D eigenvalue weighted by Crippen LogP contribution is -2.00. The Morgan fingerprint density at radius 1 is 0.326 bits per heavy atom. The Morgan fingerprint density at radius 3 is 1.50 bits per heavy atom. The Hall–Kier alpha value is -6.33. The van der Waals surface area contributed by atoms with Crippen molar-refractivity contribution in [3.63, 3.8) is 0 Å². The number of hydrogen-bond donors (Lipinski definition) is 0. The molecule has 0 aliphatic heterocycles. The first-order valence-corrected chi connectivity index (χ1v) is 15.2. The molecule has 8 aromatic rings. The van der Waals surface area contributed by atoms with E-state index in [2.05, 4.69) is 102 Å². The minimum atomic E-state index is 0.624. The molecule has 0 unspecified atom stereocenters. The van der Waals surface area contributed by atoms with Crippen molar-refractivity contribution in [1.82, 2.24) is 24.9 Å². The Bertz CT molecular complexity index is 2270. The molecule has 46 heavy (non-hydrogen) atoms. The van der Waals surface area contributed by atoms with Crippen LogP contribution < -0.4 is 0 Å². The van der Waals surface area contributed by atoms with Crippen LogP contribution in [0.5, 0.6) is 0 Å². The topological polar surface area (TPSA) is 64.5 Å². The number of benzene rings is 5. The molecule has 0 N–H and O–H groups in total. The molecule has 3 aromatic heterocycles. The molecular weight excluding hydrogens is 562 g/mol. The van der Waals surface area contributed by atoms with E-state index in [1.165, 1.54) is 5.56 Å². The highest BCUT2D eigenvalue weighted by atomic mass is 15.0. The summed E-state index contributed by atoms with van der Waals surface area (Å²) >= 11 is 0. The maximum absolute atomic E-state index is 5.06. The summed E-state index contributed by atoms with van der Waals surface area (Å²) in [6, 6.07) is 49.5. The second kappa shape index (κ2) is 12.0. The largest absolute Gasteiger partial charge is 0.264 e. The first-order chi connectivity index (χ1) is 22.8. The van der Waals surface area contributed by atoms with E-state index in [1.807, 2.05) is 60.9 Å². The zero-order chi connectivity index (χ0) is 30.7. The fraction of sp³-hybridized carbons (Fsp3) is 0. The number of hydrogen-bond acceptors (Lipinski definition) is 5. The normalized spacial score (nSPS) is 11.0. The highest BCUT2D eigenvalue weighted by Gasteiger charge is 2.16. The summed E-state index contributed by atoms with van der Waals surface area (Å²) in [5, 5.41) is 2.13. The maximum Gasteiger partial charge on any atom is 0.164 e. The van der Waals surface area contributed by atoms with Gasteiger partial charge in [-0.15, -0.1) is 0 Å². The average Bonchev–Trinajstić information content (AvgIpc) is 3.15. The minimum Gasteiger partial charge on any atom is -0.264 e. The number of fused-ring (bicyclic) bond motifs is 1. The van der Waals surface area contributed by atoms with Crippen molar-refractivity contribution < 1.29 is 0 Å². The SMILES string of the molecule is c1ccc(-c2ccc(-c3nc(-c4ccccc4)nc(-c4cccc5c(-c6ccc(-c7cccnc7)cn6)cccc45)n3)cc2)cc1. The van der Waals surface area contributed by atoms with Gasteiger partial charge in [-0.05, 0) is 34.0 Å².